The number of benzene rings is 2. The smallest absolute Gasteiger partial charge is 0.254 e. The largest absolute Gasteiger partial charge is 0.507 e. The summed E-state index contributed by atoms with van der Waals surface area (Å²) in [6.45, 7) is 5.80. The van der Waals surface area contributed by atoms with Crippen LogP contribution in [0.25, 0.3) is 0 Å². The van der Waals surface area contributed by atoms with E-state index in [9.17, 15) is 20.1 Å². The molecule has 3 aromatic rings. The number of phenolic OH excluding ortho intramolecular Hbond substituents is 2. The number of likely N-dealkylation sites (N-methyl/N-ethyl adjacent to an activating group) is 1. The molecule has 220 valence electrons. The number of nitrogens with zero attached hydrogens (tertiary/aromatic N) is 3. The third-order valence-electron chi connectivity index (χ3n) is 9.75. The van der Waals surface area contributed by atoms with E-state index in [1.165, 1.54) is 6.20 Å². The minimum absolute atomic E-state index is 0.0102. The number of aromatic nitrogens is 1. The van der Waals surface area contributed by atoms with Gasteiger partial charge in [0, 0.05) is 41.0 Å². The number of nitrogens with one attached hydrogen (secondary N) is 1. The summed E-state index contributed by atoms with van der Waals surface area (Å²) in [5, 5.41) is 38.1. The number of piperazine rings is 1. The van der Waals surface area contributed by atoms with E-state index in [0.29, 0.717) is 41.0 Å². The lowest BCUT2D eigenvalue weighted by Crippen LogP contribution is -2.69. The number of amides is 1. The molecule has 1 unspecified atom stereocenters. The zero-order chi connectivity index (χ0) is 29.6. The first-order valence-electron chi connectivity index (χ1n) is 14.1. The molecule has 42 heavy (non-hydrogen) atoms. The summed E-state index contributed by atoms with van der Waals surface area (Å²) in [5.74, 6) is 0.960. The standard InChI is InChI=1S/C31H33ClN4O6/c1-13-8-16-9-20-31(40)36-19(24(35(20)4)22(16)26(38)14(13)2)10-18-23(28-27(41-12-42-28)15(3)25(18)37)21(36)11-34-30(39)17-6-5-7-33-29(17)32/h5-8,19-21,24,31,37-38,40H,9-12H2,1-4H3,(H,34,39)/t19?,20-,21-,24+,31-/m0/s1. The van der Waals surface area contributed by atoms with Crippen molar-refractivity contribution in [3.05, 3.63) is 74.1 Å². The van der Waals surface area contributed by atoms with Gasteiger partial charge in [-0.2, -0.15) is 0 Å². The Morgan fingerprint density at radius 1 is 1.10 bits per heavy atom. The Labute approximate surface area is 248 Å². The van der Waals surface area contributed by atoms with Gasteiger partial charge >= 0.3 is 0 Å². The molecule has 4 aliphatic rings. The van der Waals surface area contributed by atoms with Gasteiger partial charge in [0.25, 0.3) is 5.91 Å². The normalized spacial score (nSPS) is 25.9. The number of pyridine rings is 1. The van der Waals surface area contributed by atoms with Crippen molar-refractivity contribution in [3.63, 3.8) is 0 Å². The summed E-state index contributed by atoms with van der Waals surface area (Å²) < 4.78 is 11.7. The lowest BCUT2D eigenvalue weighted by molar-refractivity contribution is -0.171. The second-order valence-corrected chi connectivity index (χ2v) is 12.1. The average molecular weight is 593 g/mol. The Morgan fingerprint density at radius 2 is 1.86 bits per heavy atom. The van der Waals surface area contributed by atoms with E-state index in [-0.39, 0.29) is 53.7 Å². The number of aryl methyl sites for hydroxylation is 1. The third kappa shape index (κ3) is 3.75. The van der Waals surface area contributed by atoms with Gasteiger partial charge in [-0.1, -0.05) is 17.7 Å². The fraction of sp³-hybridized carbons (Fsp3) is 0.419. The third-order valence-corrected chi connectivity index (χ3v) is 10.1. The van der Waals surface area contributed by atoms with Gasteiger partial charge in [-0.15, -0.1) is 0 Å². The first-order chi connectivity index (χ1) is 20.1. The summed E-state index contributed by atoms with van der Waals surface area (Å²) in [7, 11) is 1.98. The van der Waals surface area contributed by atoms with Crippen molar-refractivity contribution in [1.82, 2.24) is 20.1 Å². The highest BCUT2D eigenvalue weighted by molar-refractivity contribution is 6.32. The number of carbonyl (C=O) groups excluding carboxylic acids is 1. The summed E-state index contributed by atoms with van der Waals surface area (Å²) in [4.78, 5) is 21.5. The zero-order valence-corrected chi connectivity index (χ0v) is 24.6. The van der Waals surface area contributed by atoms with Crippen molar-refractivity contribution < 1.29 is 29.6 Å². The number of aromatic hydroxyl groups is 2. The van der Waals surface area contributed by atoms with Crippen LogP contribution in [0.4, 0.5) is 0 Å². The van der Waals surface area contributed by atoms with Gasteiger partial charge in [0.1, 0.15) is 22.9 Å². The number of phenols is 2. The maximum atomic E-state index is 13.3. The van der Waals surface area contributed by atoms with Crippen molar-refractivity contribution in [2.75, 3.05) is 20.4 Å². The quantitative estimate of drug-likeness (QED) is 0.338. The topological polar surface area (TPSA) is 128 Å². The Bertz CT molecular complexity index is 1650. The molecule has 4 N–H and O–H groups in total. The Hall–Kier alpha value is -3.57. The molecule has 1 amide bonds. The van der Waals surface area contributed by atoms with E-state index < -0.39 is 18.2 Å². The van der Waals surface area contributed by atoms with Crippen molar-refractivity contribution in [2.45, 2.75) is 64.0 Å². The van der Waals surface area contributed by atoms with Crippen LogP contribution in [0.2, 0.25) is 5.15 Å². The van der Waals surface area contributed by atoms with Crippen molar-refractivity contribution in [1.29, 1.82) is 0 Å². The maximum Gasteiger partial charge on any atom is 0.254 e. The Balaban J connectivity index is 1.38. The van der Waals surface area contributed by atoms with Crippen molar-refractivity contribution in [3.8, 4) is 23.0 Å². The van der Waals surface area contributed by atoms with E-state index in [2.05, 4.69) is 21.3 Å². The van der Waals surface area contributed by atoms with Crippen LogP contribution in [0.15, 0.2) is 24.4 Å². The molecule has 0 saturated carbocycles. The minimum Gasteiger partial charge on any atom is -0.507 e. The van der Waals surface area contributed by atoms with Gasteiger partial charge in [0.05, 0.1) is 23.7 Å². The highest BCUT2D eigenvalue weighted by atomic mass is 35.5. The molecule has 5 heterocycles. The van der Waals surface area contributed by atoms with E-state index in [4.69, 9.17) is 21.1 Å². The Kier molecular flexibility index (Phi) is 6.32. The van der Waals surface area contributed by atoms with E-state index in [1.54, 1.807) is 19.1 Å². The molecular formula is C31H33ClN4O6. The number of ether oxygens (including phenoxy) is 2. The van der Waals surface area contributed by atoms with Crippen LogP contribution in [-0.4, -0.2) is 74.7 Å². The van der Waals surface area contributed by atoms with Gasteiger partial charge in [-0.3, -0.25) is 14.6 Å². The first-order valence-corrected chi connectivity index (χ1v) is 14.5. The number of hydrogen-bond acceptors (Lipinski definition) is 9. The molecule has 4 aliphatic heterocycles. The molecule has 5 atom stereocenters. The van der Waals surface area contributed by atoms with Crippen LogP contribution < -0.4 is 14.8 Å². The SMILES string of the molecule is Cc1cc2c(c(O)c1C)[C@H]1C3Cc4c(O)c(C)c5c(c4[C@H](CNC(=O)c4cccnc4Cl)N3[C@@H](O)[C@H](C2)N1C)OCO5. The number of rotatable bonds is 3. The zero-order valence-electron chi connectivity index (χ0n) is 23.8. The number of fused-ring (bicyclic) bond motifs is 9. The number of hydrogen-bond donors (Lipinski definition) is 4. The van der Waals surface area contributed by atoms with Crippen molar-refractivity contribution in [2.24, 2.45) is 0 Å². The average Bonchev–Trinajstić information content (AvgIpc) is 3.46. The molecule has 0 spiro atoms. The predicted molar refractivity (Wildman–Crippen MR) is 154 cm³/mol. The Morgan fingerprint density at radius 3 is 2.62 bits per heavy atom. The fourth-order valence-electron chi connectivity index (χ4n) is 7.56. The molecule has 1 fully saturated rings. The van der Waals surface area contributed by atoms with Crippen LogP contribution in [0.3, 0.4) is 0 Å². The van der Waals surface area contributed by atoms with Crippen LogP contribution in [0.1, 0.15) is 61.4 Å². The molecule has 2 bridgehead atoms. The summed E-state index contributed by atoms with van der Waals surface area (Å²) in [6, 6.07) is 3.91. The summed E-state index contributed by atoms with van der Waals surface area (Å²) in [5.41, 5.74) is 5.90. The first kappa shape index (κ1) is 27.3. The minimum atomic E-state index is -0.911. The summed E-state index contributed by atoms with van der Waals surface area (Å²) in [6.07, 6.45) is 1.55. The highest BCUT2D eigenvalue weighted by Gasteiger charge is 2.56. The van der Waals surface area contributed by atoms with Crippen LogP contribution in [0, 0.1) is 20.8 Å². The number of aliphatic hydroxyl groups is 1. The van der Waals surface area contributed by atoms with Crippen molar-refractivity contribution >= 4 is 17.5 Å². The molecule has 11 heteroatoms. The molecule has 1 saturated heterocycles. The second kappa shape index (κ2) is 9.74. The van der Waals surface area contributed by atoms with E-state index >= 15 is 0 Å². The van der Waals surface area contributed by atoms with Gasteiger partial charge in [0.2, 0.25) is 6.79 Å². The molecule has 10 nitrogen and oxygen atoms in total. The van der Waals surface area contributed by atoms with Crippen LogP contribution in [0.5, 0.6) is 23.0 Å². The molecule has 2 aromatic carbocycles. The van der Waals surface area contributed by atoms with Gasteiger partial charge in [-0.25, -0.2) is 4.98 Å². The number of carbonyl (C=O) groups is 1. The molecular weight excluding hydrogens is 560 g/mol. The van der Waals surface area contributed by atoms with E-state index in [1.807, 2.05) is 25.8 Å². The lowest BCUT2D eigenvalue weighted by atomic mass is 9.73. The van der Waals surface area contributed by atoms with E-state index in [0.717, 1.165) is 22.3 Å². The van der Waals surface area contributed by atoms with Gasteiger partial charge < -0.3 is 30.1 Å². The second-order valence-electron chi connectivity index (χ2n) is 11.8. The fourth-order valence-corrected chi connectivity index (χ4v) is 7.76. The van der Waals surface area contributed by atoms with Gasteiger partial charge in [0.15, 0.2) is 11.5 Å². The molecule has 0 radical (unpaired) electrons. The maximum absolute atomic E-state index is 13.3. The molecule has 7 rings (SSSR count). The number of halogens is 1. The van der Waals surface area contributed by atoms with Crippen LogP contribution >= 0.6 is 11.6 Å². The monoisotopic (exact) mass is 592 g/mol. The molecule has 1 aromatic heterocycles. The molecule has 0 aliphatic carbocycles. The predicted octanol–water partition coefficient (Wildman–Crippen LogP) is 3.43. The highest BCUT2D eigenvalue weighted by Crippen LogP contribution is 2.57. The lowest BCUT2D eigenvalue weighted by Gasteiger charge is -2.60. The summed E-state index contributed by atoms with van der Waals surface area (Å²) >= 11 is 6.22. The number of aliphatic hydroxyl groups excluding tert-OH is 1. The van der Waals surface area contributed by atoms with Gasteiger partial charge in [-0.05, 0) is 69.5 Å². The van der Waals surface area contributed by atoms with Crippen LogP contribution in [-0.2, 0) is 12.8 Å².